The minimum atomic E-state index is -4.87. The molecule has 0 aliphatic heterocycles. The van der Waals surface area contributed by atoms with Gasteiger partial charge in [-0.3, -0.25) is 4.79 Å². The SMILES string of the molecule is C=CC1(CC(=O)c2ccc(/C=C/C(c3cc(Cl)c(Cl)c(Cl)c3)C(F)(F)F)cc2C(F)(F)F)CC1. The number of hydrogen-bond donors (Lipinski definition) is 0. The minimum Gasteiger partial charge on any atom is -0.294 e. The normalized spacial score (nSPS) is 16.5. The molecule has 1 fully saturated rings. The smallest absolute Gasteiger partial charge is 0.294 e. The first kappa shape index (κ1) is 26.6. The average molecular weight is 542 g/mol. The molecular weight excluding hydrogens is 525 g/mol. The number of rotatable bonds is 7. The van der Waals surface area contributed by atoms with Gasteiger partial charge in [0.05, 0.1) is 26.5 Å². The fraction of sp³-hybridized carbons (Fsp3) is 0.292. The summed E-state index contributed by atoms with van der Waals surface area (Å²) in [5.41, 5.74) is -2.71. The van der Waals surface area contributed by atoms with Gasteiger partial charge in [0, 0.05) is 12.0 Å². The van der Waals surface area contributed by atoms with E-state index >= 15 is 0 Å². The fourth-order valence-corrected chi connectivity index (χ4v) is 4.16. The van der Waals surface area contributed by atoms with E-state index in [-0.39, 0.29) is 32.6 Å². The lowest BCUT2D eigenvalue weighted by atomic mass is 9.91. The molecule has 10 heteroatoms. The molecule has 1 unspecified atom stereocenters. The largest absolute Gasteiger partial charge is 0.417 e. The summed E-state index contributed by atoms with van der Waals surface area (Å²) in [5, 5.41) is -0.500. The fourth-order valence-electron chi connectivity index (χ4n) is 3.54. The van der Waals surface area contributed by atoms with Crippen molar-refractivity contribution < 1.29 is 31.1 Å². The van der Waals surface area contributed by atoms with E-state index in [9.17, 15) is 31.1 Å². The molecule has 0 aromatic heterocycles. The number of allylic oxidation sites excluding steroid dienone is 2. The highest BCUT2D eigenvalue weighted by molar-refractivity contribution is 6.48. The third-order valence-corrected chi connectivity index (χ3v) is 6.88. The molecule has 0 heterocycles. The molecular formula is C24H17Cl3F6O. The molecule has 34 heavy (non-hydrogen) atoms. The van der Waals surface area contributed by atoms with Crippen molar-refractivity contribution in [3.05, 3.63) is 86.4 Å². The second-order valence-electron chi connectivity index (χ2n) is 8.15. The predicted octanol–water partition coefficient (Wildman–Crippen LogP) is 9.56. The molecule has 182 valence electrons. The van der Waals surface area contributed by atoms with Crippen LogP contribution < -0.4 is 0 Å². The number of carbonyl (C=O) groups excluding carboxylic acids is 1. The topological polar surface area (TPSA) is 17.1 Å². The van der Waals surface area contributed by atoms with E-state index in [1.54, 1.807) is 6.08 Å². The molecule has 2 aromatic carbocycles. The quantitative estimate of drug-likeness (QED) is 0.148. The zero-order valence-corrected chi connectivity index (χ0v) is 19.6. The van der Waals surface area contributed by atoms with Gasteiger partial charge in [0.1, 0.15) is 0 Å². The van der Waals surface area contributed by atoms with Crippen LogP contribution in [0.1, 0.15) is 52.2 Å². The molecule has 1 aliphatic carbocycles. The number of ketones is 1. The molecule has 0 saturated heterocycles. The summed E-state index contributed by atoms with van der Waals surface area (Å²) >= 11 is 17.5. The number of carbonyl (C=O) groups is 1. The first-order chi connectivity index (χ1) is 15.7. The molecule has 1 aliphatic rings. The number of alkyl halides is 6. The van der Waals surface area contributed by atoms with Crippen LogP contribution in [0, 0.1) is 5.41 Å². The van der Waals surface area contributed by atoms with Gasteiger partial charge in [0.2, 0.25) is 0 Å². The minimum absolute atomic E-state index is 0.108. The summed E-state index contributed by atoms with van der Waals surface area (Å²) in [6.07, 6.45) is -5.26. The van der Waals surface area contributed by atoms with Gasteiger partial charge < -0.3 is 0 Å². The maximum atomic E-state index is 13.7. The van der Waals surface area contributed by atoms with Crippen molar-refractivity contribution in [2.45, 2.75) is 37.5 Å². The lowest BCUT2D eigenvalue weighted by Gasteiger charge is -2.19. The van der Waals surface area contributed by atoms with Crippen LogP contribution in [0.15, 0.2) is 49.1 Å². The molecule has 0 radical (unpaired) electrons. The van der Waals surface area contributed by atoms with Crippen LogP contribution in [-0.4, -0.2) is 12.0 Å². The highest BCUT2D eigenvalue weighted by Gasteiger charge is 2.43. The third kappa shape index (κ3) is 5.99. The van der Waals surface area contributed by atoms with Gasteiger partial charge in [-0.15, -0.1) is 6.58 Å². The summed E-state index contributed by atoms with van der Waals surface area (Å²) in [6.45, 7) is 3.63. The van der Waals surface area contributed by atoms with Gasteiger partial charge in [-0.2, -0.15) is 26.3 Å². The standard InChI is InChI=1S/C24H17Cl3F6O/c1-2-22(7-8-22)12-20(34)15-5-3-13(9-17(15)24(31,32)33)4-6-16(23(28,29)30)14-10-18(25)21(27)19(26)11-14/h2-6,9-11,16H,1,7-8,12H2/b6-4+. The Balaban J connectivity index is 1.97. The van der Waals surface area contributed by atoms with Crippen molar-refractivity contribution in [2.75, 3.05) is 0 Å². The molecule has 0 amide bonds. The maximum absolute atomic E-state index is 13.7. The van der Waals surface area contributed by atoms with Crippen molar-refractivity contribution in [2.24, 2.45) is 5.41 Å². The van der Waals surface area contributed by atoms with E-state index < -0.39 is 40.6 Å². The van der Waals surface area contributed by atoms with Crippen molar-refractivity contribution in [1.82, 2.24) is 0 Å². The Hall–Kier alpha value is -1.96. The monoisotopic (exact) mass is 540 g/mol. The summed E-state index contributed by atoms with van der Waals surface area (Å²) in [5.74, 6) is -2.91. The number of hydrogen-bond acceptors (Lipinski definition) is 1. The van der Waals surface area contributed by atoms with E-state index in [0.29, 0.717) is 25.0 Å². The van der Waals surface area contributed by atoms with Gasteiger partial charge in [-0.05, 0) is 47.6 Å². The Morgan fingerprint density at radius 2 is 1.62 bits per heavy atom. The zero-order valence-electron chi connectivity index (χ0n) is 17.3. The molecule has 2 aromatic rings. The molecule has 1 saturated carbocycles. The van der Waals surface area contributed by atoms with Gasteiger partial charge in [-0.1, -0.05) is 65.2 Å². The van der Waals surface area contributed by atoms with Crippen molar-refractivity contribution >= 4 is 46.7 Å². The van der Waals surface area contributed by atoms with Crippen LogP contribution in [0.5, 0.6) is 0 Å². The highest BCUT2D eigenvalue weighted by Crippen LogP contribution is 2.51. The van der Waals surface area contributed by atoms with Crippen molar-refractivity contribution in [1.29, 1.82) is 0 Å². The summed E-state index contributed by atoms with van der Waals surface area (Å²) in [6, 6.07) is 4.81. The van der Waals surface area contributed by atoms with Gasteiger partial charge >= 0.3 is 12.4 Å². The predicted molar refractivity (Wildman–Crippen MR) is 122 cm³/mol. The summed E-state index contributed by atoms with van der Waals surface area (Å²) in [4.78, 5) is 12.6. The Kier molecular flexibility index (Phi) is 7.52. The number of benzene rings is 2. The van der Waals surface area contributed by atoms with E-state index in [4.69, 9.17) is 34.8 Å². The zero-order chi connectivity index (χ0) is 25.5. The second-order valence-corrected chi connectivity index (χ2v) is 9.34. The molecule has 1 nitrogen and oxygen atoms in total. The molecule has 0 bridgehead atoms. The van der Waals surface area contributed by atoms with Gasteiger partial charge in [0.15, 0.2) is 5.78 Å². The van der Waals surface area contributed by atoms with Crippen LogP contribution in [0.3, 0.4) is 0 Å². The third-order valence-electron chi connectivity index (χ3n) is 5.69. The lowest BCUT2D eigenvalue weighted by Crippen LogP contribution is -2.19. The van der Waals surface area contributed by atoms with E-state index in [1.165, 1.54) is 6.07 Å². The first-order valence-electron chi connectivity index (χ1n) is 9.94. The Morgan fingerprint density at radius 3 is 2.09 bits per heavy atom. The Labute approximate surface area is 207 Å². The molecule has 0 N–H and O–H groups in total. The highest BCUT2D eigenvalue weighted by atomic mass is 35.5. The van der Waals surface area contributed by atoms with Crippen LogP contribution in [0.2, 0.25) is 15.1 Å². The Bertz CT molecular complexity index is 1120. The van der Waals surface area contributed by atoms with Crippen LogP contribution in [-0.2, 0) is 6.18 Å². The van der Waals surface area contributed by atoms with Gasteiger partial charge in [-0.25, -0.2) is 0 Å². The van der Waals surface area contributed by atoms with E-state index in [1.807, 2.05) is 0 Å². The first-order valence-corrected chi connectivity index (χ1v) is 11.1. The van der Waals surface area contributed by atoms with Crippen LogP contribution in [0.25, 0.3) is 6.08 Å². The molecule has 1 atom stereocenters. The van der Waals surface area contributed by atoms with Crippen LogP contribution >= 0.6 is 34.8 Å². The summed E-state index contributed by atoms with van der Waals surface area (Å²) in [7, 11) is 0. The number of Topliss-reactive ketones (excluding diaryl/α,β-unsaturated/α-hetero) is 1. The Morgan fingerprint density at radius 1 is 1.03 bits per heavy atom. The van der Waals surface area contributed by atoms with E-state index in [2.05, 4.69) is 6.58 Å². The van der Waals surface area contributed by atoms with Crippen molar-refractivity contribution in [3.63, 3.8) is 0 Å². The van der Waals surface area contributed by atoms with Crippen molar-refractivity contribution in [3.8, 4) is 0 Å². The van der Waals surface area contributed by atoms with E-state index in [0.717, 1.165) is 24.3 Å². The number of halogens is 9. The summed E-state index contributed by atoms with van der Waals surface area (Å²) < 4.78 is 82.2. The average Bonchev–Trinajstić information content (AvgIpc) is 3.50. The van der Waals surface area contributed by atoms with Gasteiger partial charge in [0.25, 0.3) is 0 Å². The van der Waals surface area contributed by atoms with Crippen LogP contribution in [0.4, 0.5) is 26.3 Å². The molecule has 0 spiro atoms. The molecule has 3 rings (SSSR count). The maximum Gasteiger partial charge on any atom is 0.417 e. The second kappa shape index (κ2) is 9.59. The lowest BCUT2D eigenvalue weighted by molar-refractivity contribution is -0.139.